The first-order valence-electron chi connectivity index (χ1n) is 12.2. The number of rotatable bonds is 17. The summed E-state index contributed by atoms with van der Waals surface area (Å²) in [4.78, 5) is 0. The highest BCUT2D eigenvalue weighted by atomic mass is 35.5. The van der Waals surface area contributed by atoms with Gasteiger partial charge in [0.2, 0.25) is 0 Å². The zero-order valence-electron chi connectivity index (χ0n) is 19.6. The summed E-state index contributed by atoms with van der Waals surface area (Å²) in [6.07, 6.45) is 14.2. The number of nitrogens with one attached hydrogen (secondary N) is 1. The second-order valence-electron chi connectivity index (χ2n) is 8.85. The molecule has 1 unspecified atom stereocenters. The van der Waals surface area contributed by atoms with Gasteiger partial charge in [0, 0.05) is 12.3 Å². The number of aryl methyl sites for hydroxylation is 1. The van der Waals surface area contributed by atoms with Crippen LogP contribution in [0.25, 0.3) is 5.65 Å². The molecule has 0 radical (unpaired) electrons. The van der Waals surface area contributed by atoms with Crippen LogP contribution in [0.5, 0.6) is 0 Å². The smallest absolute Gasteiger partial charge is 0.170 e. The molecule has 0 aromatic carbocycles. The normalized spacial score (nSPS) is 13.3. The maximum atomic E-state index is 12.4. The van der Waals surface area contributed by atoms with E-state index in [9.17, 15) is 8.42 Å². The molecule has 0 bridgehead atoms. The molecule has 0 saturated heterocycles. The van der Waals surface area contributed by atoms with Crippen LogP contribution in [0.15, 0.2) is 0 Å². The summed E-state index contributed by atoms with van der Waals surface area (Å²) in [7, 11) is -3.01. The van der Waals surface area contributed by atoms with E-state index in [2.05, 4.69) is 36.1 Å². The summed E-state index contributed by atoms with van der Waals surface area (Å²) in [6.45, 7) is 6.44. The van der Waals surface area contributed by atoms with Crippen LogP contribution < -0.4 is 0 Å². The summed E-state index contributed by atoms with van der Waals surface area (Å²) < 4.78 is 26.5. The quantitative estimate of drug-likeness (QED) is 0.267. The van der Waals surface area contributed by atoms with Crippen LogP contribution in [-0.2, 0) is 16.3 Å². The predicted molar refractivity (Wildman–Crippen MR) is 130 cm³/mol. The molecule has 1 atom stereocenters. The Bertz CT molecular complexity index is 876. The molecule has 0 amide bonds. The monoisotopic (exact) mass is 472 g/mol. The lowest BCUT2D eigenvalue weighted by Crippen LogP contribution is -2.12. The van der Waals surface area contributed by atoms with Crippen molar-refractivity contribution >= 4 is 27.1 Å². The van der Waals surface area contributed by atoms with E-state index < -0.39 is 9.84 Å². The first kappa shape index (κ1) is 26.2. The van der Waals surface area contributed by atoms with Crippen molar-refractivity contribution in [3.63, 3.8) is 0 Å². The Morgan fingerprint density at radius 2 is 1.52 bits per heavy atom. The van der Waals surface area contributed by atoms with Crippen molar-refractivity contribution in [2.75, 3.05) is 11.5 Å². The van der Waals surface area contributed by atoms with Gasteiger partial charge in [-0.2, -0.15) is 14.7 Å². The Morgan fingerprint density at radius 1 is 0.935 bits per heavy atom. The topological polar surface area (TPSA) is 80.1 Å². The minimum atomic E-state index is -3.01. The van der Waals surface area contributed by atoms with Crippen molar-refractivity contribution in [1.82, 2.24) is 19.8 Å². The lowest BCUT2D eigenvalue weighted by atomic mass is 10.1. The van der Waals surface area contributed by atoms with Gasteiger partial charge < -0.3 is 0 Å². The molecular weight excluding hydrogens is 432 g/mol. The molecule has 31 heavy (non-hydrogen) atoms. The van der Waals surface area contributed by atoms with Crippen molar-refractivity contribution in [1.29, 1.82) is 0 Å². The van der Waals surface area contributed by atoms with Crippen LogP contribution in [0.3, 0.4) is 0 Å². The number of sulfone groups is 1. The maximum Gasteiger partial charge on any atom is 0.170 e. The van der Waals surface area contributed by atoms with E-state index in [0.29, 0.717) is 29.3 Å². The Labute approximate surface area is 193 Å². The van der Waals surface area contributed by atoms with Gasteiger partial charge in [-0.25, -0.2) is 8.42 Å². The highest BCUT2D eigenvalue weighted by molar-refractivity contribution is 7.91. The van der Waals surface area contributed by atoms with Gasteiger partial charge in [-0.15, -0.1) is 0 Å². The Hall–Kier alpha value is -1.08. The van der Waals surface area contributed by atoms with Gasteiger partial charge in [-0.05, 0) is 19.3 Å². The molecule has 2 aromatic rings. The number of unbranched alkanes of at least 4 members (excludes halogenated alkanes) is 9. The lowest BCUT2D eigenvalue weighted by molar-refractivity contribution is 0.557. The number of H-pyrrole nitrogens is 1. The van der Waals surface area contributed by atoms with Crippen LogP contribution in [-0.4, -0.2) is 39.7 Å². The third-order valence-electron chi connectivity index (χ3n) is 6.13. The molecule has 0 fully saturated rings. The molecule has 0 aliphatic heterocycles. The van der Waals surface area contributed by atoms with E-state index in [1.807, 2.05) is 0 Å². The van der Waals surface area contributed by atoms with E-state index in [0.717, 1.165) is 37.2 Å². The Balaban J connectivity index is 1.66. The SMILES string of the molecule is CCCCCCCCCCCCS(=O)(=O)CCCc1n[nH]c2c(Cl)c(C(C)CC)nn12. The minimum Gasteiger partial charge on any atom is -0.258 e. The highest BCUT2D eigenvalue weighted by Gasteiger charge is 2.20. The van der Waals surface area contributed by atoms with Crippen LogP contribution in [0, 0.1) is 0 Å². The molecule has 6 nitrogen and oxygen atoms in total. The van der Waals surface area contributed by atoms with Gasteiger partial charge in [0.25, 0.3) is 0 Å². The van der Waals surface area contributed by atoms with E-state index in [1.165, 1.54) is 44.9 Å². The number of aromatic amines is 1. The molecule has 0 saturated carbocycles. The molecule has 8 heteroatoms. The molecule has 2 rings (SSSR count). The molecule has 178 valence electrons. The average Bonchev–Trinajstić information content (AvgIpc) is 3.29. The van der Waals surface area contributed by atoms with Crippen molar-refractivity contribution in [3.05, 3.63) is 16.5 Å². The van der Waals surface area contributed by atoms with Crippen LogP contribution in [0.2, 0.25) is 5.02 Å². The second-order valence-corrected chi connectivity index (χ2v) is 11.5. The number of halogens is 1. The predicted octanol–water partition coefficient (Wildman–Crippen LogP) is 6.49. The number of fused-ring (bicyclic) bond motifs is 1. The summed E-state index contributed by atoms with van der Waals surface area (Å²) >= 11 is 6.43. The number of nitrogens with zero attached hydrogens (tertiary/aromatic N) is 3. The fourth-order valence-corrected chi connectivity index (χ4v) is 5.67. The molecule has 0 aliphatic carbocycles. The van der Waals surface area contributed by atoms with E-state index in [4.69, 9.17) is 11.6 Å². The zero-order valence-corrected chi connectivity index (χ0v) is 21.2. The lowest BCUT2D eigenvalue weighted by Gasteiger charge is -2.05. The van der Waals surface area contributed by atoms with E-state index in [-0.39, 0.29) is 11.7 Å². The maximum absolute atomic E-state index is 12.4. The molecule has 1 N–H and O–H groups in total. The van der Waals surface area contributed by atoms with Gasteiger partial charge in [0.1, 0.15) is 14.9 Å². The Kier molecular flexibility index (Phi) is 11.4. The number of hydrogen-bond acceptors (Lipinski definition) is 4. The van der Waals surface area contributed by atoms with Crippen LogP contribution in [0.4, 0.5) is 0 Å². The minimum absolute atomic E-state index is 0.200. The van der Waals surface area contributed by atoms with Crippen LogP contribution in [0.1, 0.15) is 115 Å². The third kappa shape index (κ3) is 8.41. The molecule has 2 aromatic heterocycles. The number of hydrogen-bond donors (Lipinski definition) is 1. The highest BCUT2D eigenvalue weighted by Crippen LogP contribution is 2.29. The van der Waals surface area contributed by atoms with E-state index >= 15 is 0 Å². The summed E-state index contributed by atoms with van der Waals surface area (Å²) in [5.41, 5.74) is 1.56. The fraction of sp³-hybridized carbons (Fsp3) is 0.826. The van der Waals surface area contributed by atoms with Gasteiger partial charge in [0.15, 0.2) is 11.5 Å². The fourth-order valence-electron chi connectivity index (χ4n) is 3.90. The van der Waals surface area contributed by atoms with Gasteiger partial charge >= 0.3 is 0 Å². The Morgan fingerprint density at radius 3 is 2.13 bits per heavy atom. The van der Waals surface area contributed by atoms with Crippen molar-refractivity contribution < 1.29 is 8.42 Å². The van der Waals surface area contributed by atoms with Gasteiger partial charge in [-0.3, -0.25) is 5.10 Å². The summed E-state index contributed by atoms with van der Waals surface area (Å²) in [6, 6.07) is 0. The molecule has 0 spiro atoms. The number of aromatic nitrogens is 4. The standard InChI is InChI=1S/C23H41ClN4O2S/c1-4-6-7-8-9-10-11-12-13-14-17-31(29,30)18-15-16-20-25-26-23-21(24)22(19(3)5-2)27-28(20)23/h19,26H,4-18H2,1-3H3. The van der Waals surface area contributed by atoms with Crippen molar-refractivity contribution in [2.24, 2.45) is 0 Å². The first-order valence-corrected chi connectivity index (χ1v) is 14.4. The molecular formula is C23H41ClN4O2S. The van der Waals surface area contributed by atoms with Gasteiger partial charge in [0.05, 0.1) is 17.2 Å². The van der Waals surface area contributed by atoms with Crippen molar-refractivity contribution in [3.8, 4) is 0 Å². The molecule has 0 aliphatic rings. The zero-order chi connectivity index (χ0) is 22.7. The van der Waals surface area contributed by atoms with Gasteiger partial charge in [-0.1, -0.05) is 90.2 Å². The largest absolute Gasteiger partial charge is 0.258 e. The molecule has 2 heterocycles. The first-order chi connectivity index (χ1) is 14.9. The van der Waals surface area contributed by atoms with Crippen LogP contribution >= 0.6 is 11.6 Å². The summed E-state index contributed by atoms with van der Waals surface area (Å²) in [5, 5.41) is 12.4. The average molecular weight is 473 g/mol. The van der Waals surface area contributed by atoms with Crippen molar-refractivity contribution in [2.45, 2.75) is 110 Å². The third-order valence-corrected chi connectivity index (χ3v) is 8.33. The van der Waals surface area contributed by atoms with E-state index in [1.54, 1.807) is 4.52 Å². The summed E-state index contributed by atoms with van der Waals surface area (Å²) in [5.74, 6) is 1.51. The second kappa shape index (κ2) is 13.5.